The van der Waals surface area contributed by atoms with Crippen molar-refractivity contribution in [1.29, 1.82) is 0 Å². The molecule has 75 heavy (non-hydrogen) atoms. The maximum absolute atomic E-state index is 13.0. The van der Waals surface area contributed by atoms with Gasteiger partial charge in [-0.2, -0.15) is 0 Å². The summed E-state index contributed by atoms with van der Waals surface area (Å²) in [6.07, 6.45) is 76.3. The van der Waals surface area contributed by atoms with Crippen LogP contribution in [-0.4, -0.2) is 73.4 Å². The SMILES string of the molecule is CC/C=C\C/C=C\C/C=C\C/C=C\CCCCCCCCCCC(=O)NC(COP(=O)(O)OCC[N+](C)(C)C)C(O)CCCCCCCCCCCCCCCCCCCCCCCCCCCCCCCCCC. The number of nitrogens with one attached hydrogen (secondary N) is 1. The fourth-order valence-corrected chi connectivity index (χ4v) is 10.5. The number of phosphoric ester groups is 1. The van der Waals surface area contributed by atoms with E-state index in [4.69, 9.17) is 9.05 Å². The van der Waals surface area contributed by atoms with Crippen molar-refractivity contribution >= 4 is 13.7 Å². The van der Waals surface area contributed by atoms with Gasteiger partial charge in [0.05, 0.1) is 39.9 Å². The Morgan fingerprint density at radius 2 is 0.800 bits per heavy atom. The molecule has 0 saturated carbocycles. The van der Waals surface area contributed by atoms with E-state index >= 15 is 0 Å². The van der Waals surface area contributed by atoms with Crippen molar-refractivity contribution in [3.63, 3.8) is 0 Å². The van der Waals surface area contributed by atoms with Gasteiger partial charge in [-0.3, -0.25) is 13.8 Å². The Labute approximate surface area is 467 Å². The molecule has 8 nitrogen and oxygen atoms in total. The molecule has 0 fully saturated rings. The van der Waals surface area contributed by atoms with E-state index in [9.17, 15) is 19.4 Å². The number of allylic oxidation sites excluding steroid dienone is 8. The number of nitrogens with zero attached hydrogens (tertiary/aromatic N) is 1. The first-order valence-electron chi connectivity index (χ1n) is 32.5. The van der Waals surface area contributed by atoms with Crippen LogP contribution in [0.15, 0.2) is 48.6 Å². The predicted molar refractivity (Wildman–Crippen MR) is 327 cm³/mol. The summed E-state index contributed by atoms with van der Waals surface area (Å²) < 4.78 is 23.8. The molecule has 0 aromatic carbocycles. The van der Waals surface area contributed by atoms with Crippen LogP contribution in [0.5, 0.6) is 0 Å². The first-order valence-corrected chi connectivity index (χ1v) is 34.0. The molecule has 0 spiro atoms. The number of hydrogen-bond acceptors (Lipinski definition) is 5. The Morgan fingerprint density at radius 1 is 0.467 bits per heavy atom. The molecule has 0 bridgehead atoms. The average Bonchev–Trinajstić information content (AvgIpc) is 3.37. The van der Waals surface area contributed by atoms with Crippen molar-refractivity contribution < 1.29 is 32.9 Å². The summed E-state index contributed by atoms with van der Waals surface area (Å²) in [4.78, 5) is 23.4. The first kappa shape index (κ1) is 73.5. The lowest BCUT2D eigenvalue weighted by Crippen LogP contribution is -2.46. The van der Waals surface area contributed by atoms with Crippen molar-refractivity contribution in [2.45, 2.75) is 328 Å². The topological polar surface area (TPSA) is 105 Å². The lowest BCUT2D eigenvalue weighted by atomic mass is 10.0. The molecule has 9 heteroatoms. The zero-order chi connectivity index (χ0) is 54.9. The highest BCUT2D eigenvalue weighted by Crippen LogP contribution is 2.43. The van der Waals surface area contributed by atoms with Gasteiger partial charge in [0.2, 0.25) is 5.91 Å². The fourth-order valence-electron chi connectivity index (χ4n) is 9.81. The quantitative estimate of drug-likeness (QED) is 0.0243. The highest BCUT2D eigenvalue weighted by Gasteiger charge is 2.28. The number of aliphatic hydroxyl groups excluding tert-OH is 1. The number of phosphoric acid groups is 1. The van der Waals surface area contributed by atoms with Crippen molar-refractivity contribution in [1.82, 2.24) is 5.32 Å². The predicted octanol–water partition coefficient (Wildman–Crippen LogP) is 20.3. The van der Waals surface area contributed by atoms with Gasteiger partial charge in [0, 0.05) is 6.42 Å². The summed E-state index contributed by atoms with van der Waals surface area (Å²) in [6, 6.07) is -0.768. The van der Waals surface area contributed by atoms with E-state index in [0.717, 1.165) is 70.6 Å². The minimum absolute atomic E-state index is 0.0720. The Bertz CT molecular complexity index is 1360. The van der Waals surface area contributed by atoms with Crippen LogP contribution in [0.2, 0.25) is 0 Å². The van der Waals surface area contributed by atoms with E-state index in [1.807, 2.05) is 21.1 Å². The number of unbranched alkanes of at least 4 members (excludes halogenated alkanes) is 39. The Balaban J connectivity index is 4.04. The van der Waals surface area contributed by atoms with Crippen LogP contribution in [0, 0.1) is 0 Å². The highest BCUT2D eigenvalue weighted by atomic mass is 31.2. The molecular formula is C66H128N2O6P+. The zero-order valence-corrected chi connectivity index (χ0v) is 51.4. The monoisotopic (exact) mass is 1080 g/mol. The molecule has 0 heterocycles. The fraction of sp³-hybridized carbons (Fsp3) is 0.864. The van der Waals surface area contributed by atoms with Crippen molar-refractivity contribution in [3.8, 4) is 0 Å². The smallest absolute Gasteiger partial charge is 0.391 e. The molecule has 1 amide bonds. The molecule has 0 radical (unpaired) electrons. The van der Waals surface area contributed by atoms with E-state index in [1.165, 1.54) is 218 Å². The van der Waals surface area contributed by atoms with Crippen LogP contribution in [0.25, 0.3) is 0 Å². The van der Waals surface area contributed by atoms with Crippen LogP contribution in [0.3, 0.4) is 0 Å². The molecule has 3 unspecified atom stereocenters. The molecule has 0 rings (SSSR count). The second kappa shape index (κ2) is 57.2. The maximum atomic E-state index is 13.0. The summed E-state index contributed by atoms with van der Waals surface area (Å²) in [5, 5.41) is 14.1. The summed E-state index contributed by atoms with van der Waals surface area (Å²) in [5.74, 6) is -0.150. The van der Waals surface area contributed by atoms with Gasteiger partial charge >= 0.3 is 7.82 Å². The minimum Gasteiger partial charge on any atom is -0.391 e. The van der Waals surface area contributed by atoms with Gasteiger partial charge in [-0.25, -0.2) is 4.57 Å². The molecule has 0 saturated heterocycles. The van der Waals surface area contributed by atoms with Gasteiger partial charge in [-0.1, -0.05) is 306 Å². The number of amides is 1. The Kier molecular flexibility index (Phi) is 56.0. The van der Waals surface area contributed by atoms with Gasteiger partial charge in [-0.15, -0.1) is 0 Å². The molecular weight excluding hydrogens is 948 g/mol. The van der Waals surface area contributed by atoms with E-state index in [1.54, 1.807) is 0 Å². The van der Waals surface area contributed by atoms with Gasteiger partial charge in [-0.05, 0) is 51.4 Å². The number of carbonyl (C=O) groups is 1. The van der Waals surface area contributed by atoms with Crippen LogP contribution in [0.1, 0.15) is 316 Å². The maximum Gasteiger partial charge on any atom is 0.472 e. The third-order valence-corrected chi connectivity index (χ3v) is 15.8. The molecule has 0 aliphatic heterocycles. The lowest BCUT2D eigenvalue weighted by molar-refractivity contribution is -0.870. The van der Waals surface area contributed by atoms with E-state index < -0.39 is 20.0 Å². The second-order valence-corrected chi connectivity index (χ2v) is 24.9. The highest BCUT2D eigenvalue weighted by molar-refractivity contribution is 7.47. The number of hydrogen-bond donors (Lipinski definition) is 3. The zero-order valence-electron chi connectivity index (χ0n) is 50.6. The number of carbonyl (C=O) groups excluding carboxylic acids is 1. The average molecular weight is 1080 g/mol. The van der Waals surface area contributed by atoms with Crippen LogP contribution in [-0.2, 0) is 18.4 Å². The summed E-state index contributed by atoms with van der Waals surface area (Å²) in [7, 11) is 1.62. The summed E-state index contributed by atoms with van der Waals surface area (Å²) in [6.45, 7) is 4.81. The third kappa shape index (κ3) is 60.0. The number of aliphatic hydroxyl groups is 1. The van der Waals surface area contributed by atoms with E-state index in [2.05, 4.69) is 67.8 Å². The molecule has 442 valence electrons. The standard InChI is InChI=1S/C66H127N2O6P/c1-6-8-10-12-14-16-18-20-22-24-26-28-29-30-31-32-33-34-35-36-37-38-40-41-43-45-47-49-51-53-55-57-59-65(69)64(63-74-75(71,72)73-62-61-68(3,4)5)67-66(70)60-58-56-54-52-50-48-46-44-42-39-27-25-23-21-19-17-15-13-11-9-7-2/h9,11,15,17,21,23,27,39,64-65,69H,6-8,10,12-14,16,18-20,22,24-26,28-38,40-63H2,1-5H3,(H-,67,70,71,72)/p+1/b11-9-,17-15-,23-21-,39-27-. The number of quaternary nitrogens is 1. The molecule has 0 aromatic heterocycles. The molecule has 0 aliphatic rings. The van der Waals surface area contributed by atoms with Crippen molar-refractivity contribution in [2.24, 2.45) is 0 Å². The van der Waals surface area contributed by atoms with Crippen LogP contribution in [0.4, 0.5) is 0 Å². The largest absolute Gasteiger partial charge is 0.472 e. The Morgan fingerprint density at radius 3 is 1.17 bits per heavy atom. The molecule has 3 atom stereocenters. The van der Waals surface area contributed by atoms with Gasteiger partial charge in [0.15, 0.2) is 0 Å². The van der Waals surface area contributed by atoms with Crippen LogP contribution >= 0.6 is 7.82 Å². The minimum atomic E-state index is -4.33. The van der Waals surface area contributed by atoms with E-state index in [-0.39, 0.29) is 19.1 Å². The van der Waals surface area contributed by atoms with Gasteiger partial charge in [0.25, 0.3) is 0 Å². The molecule has 0 aliphatic carbocycles. The lowest BCUT2D eigenvalue weighted by Gasteiger charge is -2.26. The number of likely N-dealkylation sites (N-methyl/N-ethyl adjacent to an activating group) is 1. The van der Waals surface area contributed by atoms with E-state index in [0.29, 0.717) is 23.9 Å². The van der Waals surface area contributed by atoms with Gasteiger partial charge < -0.3 is 19.8 Å². The number of rotatable bonds is 60. The Hall–Kier alpha value is -1.54. The first-order chi connectivity index (χ1) is 36.5. The second-order valence-electron chi connectivity index (χ2n) is 23.5. The van der Waals surface area contributed by atoms with Crippen LogP contribution < -0.4 is 5.32 Å². The summed E-state index contributed by atoms with van der Waals surface area (Å²) in [5.41, 5.74) is 0. The normalized spacial score (nSPS) is 14.1. The summed E-state index contributed by atoms with van der Waals surface area (Å²) >= 11 is 0. The molecule has 0 aromatic rings. The third-order valence-electron chi connectivity index (χ3n) is 14.8. The van der Waals surface area contributed by atoms with Gasteiger partial charge in [0.1, 0.15) is 13.2 Å². The molecule has 3 N–H and O–H groups in total. The van der Waals surface area contributed by atoms with Crippen molar-refractivity contribution in [3.05, 3.63) is 48.6 Å². The van der Waals surface area contributed by atoms with Crippen molar-refractivity contribution in [2.75, 3.05) is 40.9 Å².